The zero-order valence-electron chi connectivity index (χ0n) is 16.8. The molecule has 0 bridgehead atoms. The molecule has 0 atom stereocenters. The summed E-state index contributed by atoms with van der Waals surface area (Å²) in [5.41, 5.74) is 0. The first-order valence-corrected chi connectivity index (χ1v) is 11.1. The standard InChI is InChI=1S/C21H23N3O5S/c1-27-19-8-7-17(13-20(19)28-2)30(25,26)24-11-9-16(10-12-24)29-21-18-6-4-3-5-15(18)14-22-23-21/h3-8,13-14,16H,9-12H2,1-2H3. The molecule has 1 aliphatic heterocycles. The van der Waals surface area contributed by atoms with Gasteiger partial charge in [-0.2, -0.15) is 9.40 Å². The quantitative estimate of drug-likeness (QED) is 0.595. The molecular formula is C21H23N3O5S. The number of ether oxygens (including phenoxy) is 3. The largest absolute Gasteiger partial charge is 0.493 e. The highest BCUT2D eigenvalue weighted by molar-refractivity contribution is 7.89. The average molecular weight is 429 g/mol. The molecule has 0 radical (unpaired) electrons. The van der Waals surface area contributed by atoms with Crippen LogP contribution >= 0.6 is 0 Å². The number of benzene rings is 2. The minimum atomic E-state index is -3.64. The van der Waals surface area contributed by atoms with E-state index in [0.717, 1.165) is 10.8 Å². The van der Waals surface area contributed by atoms with Crippen LogP contribution in [0.3, 0.4) is 0 Å². The SMILES string of the molecule is COc1ccc(S(=O)(=O)N2CCC(Oc3nncc4ccccc34)CC2)cc1OC. The predicted octanol–water partition coefficient (Wildman–Crippen LogP) is 2.88. The molecule has 0 aliphatic carbocycles. The van der Waals surface area contributed by atoms with Crippen molar-refractivity contribution in [1.82, 2.24) is 14.5 Å². The fraction of sp³-hybridized carbons (Fsp3) is 0.333. The Morgan fingerprint density at radius 1 is 1.00 bits per heavy atom. The second-order valence-electron chi connectivity index (χ2n) is 6.98. The number of fused-ring (bicyclic) bond motifs is 1. The van der Waals surface area contributed by atoms with Gasteiger partial charge in [-0.25, -0.2) is 8.42 Å². The Labute approximate surface area is 175 Å². The van der Waals surface area contributed by atoms with E-state index >= 15 is 0 Å². The lowest BCUT2D eigenvalue weighted by molar-refractivity contribution is 0.130. The molecule has 1 aromatic heterocycles. The van der Waals surface area contributed by atoms with E-state index in [0.29, 0.717) is 43.3 Å². The third kappa shape index (κ3) is 3.90. The molecule has 8 nitrogen and oxygen atoms in total. The van der Waals surface area contributed by atoms with Crippen molar-refractivity contribution in [2.24, 2.45) is 0 Å². The highest BCUT2D eigenvalue weighted by Gasteiger charge is 2.31. The molecule has 0 saturated carbocycles. The minimum absolute atomic E-state index is 0.123. The van der Waals surface area contributed by atoms with Gasteiger partial charge in [0.15, 0.2) is 11.5 Å². The van der Waals surface area contributed by atoms with Gasteiger partial charge < -0.3 is 14.2 Å². The van der Waals surface area contributed by atoms with Gasteiger partial charge in [0.05, 0.1) is 25.3 Å². The fourth-order valence-electron chi connectivity index (χ4n) is 3.56. The number of piperidine rings is 1. The molecule has 30 heavy (non-hydrogen) atoms. The Bertz CT molecular complexity index is 1140. The van der Waals surface area contributed by atoms with E-state index in [1.54, 1.807) is 12.3 Å². The predicted molar refractivity (Wildman–Crippen MR) is 111 cm³/mol. The average Bonchev–Trinajstić information content (AvgIpc) is 2.79. The number of hydrogen-bond donors (Lipinski definition) is 0. The van der Waals surface area contributed by atoms with Crippen molar-refractivity contribution in [1.29, 1.82) is 0 Å². The third-order valence-electron chi connectivity index (χ3n) is 5.21. The summed E-state index contributed by atoms with van der Waals surface area (Å²) in [6, 6.07) is 12.4. The Morgan fingerprint density at radius 3 is 2.47 bits per heavy atom. The lowest BCUT2D eigenvalue weighted by Crippen LogP contribution is -2.41. The van der Waals surface area contributed by atoms with E-state index in [1.165, 1.54) is 30.7 Å². The molecule has 1 fully saturated rings. The fourth-order valence-corrected chi connectivity index (χ4v) is 5.05. The monoisotopic (exact) mass is 429 g/mol. The first-order chi connectivity index (χ1) is 14.5. The molecule has 1 aliphatic rings. The van der Waals surface area contributed by atoms with Gasteiger partial charge in [0, 0.05) is 29.9 Å². The van der Waals surface area contributed by atoms with Crippen molar-refractivity contribution >= 4 is 20.8 Å². The van der Waals surface area contributed by atoms with Gasteiger partial charge in [0.2, 0.25) is 15.9 Å². The summed E-state index contributed by atoms with van der Waals surface area (Å²) in [5.74, 6) is 1.35. The molecule has 158 valence electrons. The van der Waals surface area contributed by atoms with Crippen molar-refractivity contribution in [2.45, 2.75) is 23.8 Å². The number of nitrogens with zero attached hydrogens (tertiary/aromatic N) is 3. The molecule has 0 N–H and O–H groups in total. The van der Waals surface area contributed by atoms with Crippen molar-refractivity contribution < 1.29 is 22.6 Å². The summed E-state index contributed by atoms with van der Waals surface area (Å²) < 4.78 is 44.1. The first kappa shape index (κ1) is 20.4. The zero-order chi connectivity index (χ0) is 21.1. The van der Waals surface area contributed by atoms with E-state index in [4.69, 9.17) is 14.2 Å². The highest BCUT2D eigenvalue weighted by atomic mass is 32.2. The third-order valence-corrected chi connectivity index (χ3v) is 7.10. The second-order valence-corrected chi connectivity index (χ2v) is 8.91. The molecular weight excluding hydrogens is 406 g/mol. The second kappa shape index (κ2) is 8.45. The smallest absolute Gasteiger partial charge is 0.243 e. The van der Waals surface area contributed by atoms with Crippen LogP contribution < -0.4 is 14.2 Å². The molecule has 4 rings (SSSR count). The number of sulfonamides is 1. The molecule has 0 unspecified atom stereocenters. The summed E-state index contributed by atoms with van der Waals surface area (Å²) in [6.07, 6.45) is 2.71. The van der Waals surface area contributed by atoms with Gasteiger partial charge in [-0.05, 0) is 31.0 Å². The van der Waals surface area contributed by atoms with E-state index in [2.05, 4.69) is 10.2 Å². The van der Waals surface area contributed by atoms with E-state index in [-0.39, 0.29) is 11.0 Å². The Hall–Kier alpha value is -2.91. The summed E-state index contributed by atoms with van der Waals surface area (Å²) in [5, 5.41) is 9.97. The molecule has 2 aromatic carbocycles. The van der Waals surface area contributed by atoms with Crippen LogP contribution in [0.4, 0.5) is 0 Å². The molecule has 2 heterocycles. The lowest BCUT2D eigenvalue weighted by atomic mass is 10.1. The maximum atomic E-state index is 13.1. The lowest BCUT2D eigenvalue weighted by Gasteiger charge is -2.31. The van der Waals surface area contributed by atoms with Crippen LogP contribution in [0.2, 0.25) is 0 Å². The Kier molecular flexibility index (Phi) is 5.74. The molecule has 3 aromatic rings. The van der Waals surface area contributed by atoms with Crippen molar-refractivity contribution in [3.05, 3.63) is 48.7 Å². The van der Waals surface area contributed by atoms with E-state index in [9.17, 15) is 8.42 Å². The van der Waals surface area contributed by atoms with Crippen molar-refractivity contribution in [3.8, 4) is 17.4 Å². The Balaban J connectivity index is 1.46. The van der Waals surface area contributed by atoms with Crippen molar-refractivity contribution in [3.63, 3.8) is 0 Å². The summed E-state index contributed by atoms with van der Waals surface area (Å²) in [4.78, 5) is 0.180. The molecule has 0 amide bonds. The van der Waals surface area contributed by atoms with Gasteiger partial charge in [-0.3, -0.25) is 0 Å². The van der Waals surface area contributed by atoms with Gasteiger partial charge in [0.25, 0.3) is 0 Å². The van der Waals surface area contributed by atoms with Crippen LogP contribution in [0.25, 0.3) is 10.8 Å². The summed E-state index contributed by atoms with van der Waals surface area (Å²) in [7, 11) is -0.646. The van der Waals surface area contributed by atoms with E-state index in [1.807, 2.05) is 24.3 Å². The molecule has 0 spiro atoms. The highest BCUT2D eigenvalue weighted by Crippen LogP contribution is 2.32. The van der Waals surface area contributed by atoms with Crippen LogP contribution in [-0.2, 0) is 10.0 Å². The summed E-state index contributed by atoms with van der Waals surface area (Å²) in [6.45, 7) is 0.721. The number of hydrogen-bond acceptors (Lipinski definition) is 7. The van der Waals surface area contributed by atoms with Gasteiger partial charge in [-0.1, -0.05) is 18.2 Å². The number of rotatable bonds is 6. The van der Waals surface area contributed by atoms with E-state index < -0.39 is 10.0 Å². The van der Waals surface area contributed by atoms with Crippen LogP contribution in [-0.4, -0.2) is 56.3 Å². The first-order valence-electron chi connectivity index (χ1n) is 9.62. The molecule has 1 saturated heterocycles. The zero-order valence-corrected chi connectivity index (χ0v) is 17.6. The van der Waals surface area contributed by atoms with Gasteiger partial charge in [0.1, 0.15) is 6.10 Å². The maximum Gasteiger partial charge on any atom is 0.243 e. The Morgan fingerprint density at radius 2 is 1.73 bits per heavy atom. The minimum Gasteiger partial charge on any atom is -0.493 e. The van der Waals surface area contributed by atoms with Gasteiger partial charge in [-0.15, -0.1) is 5.10 Å². The van der Waals surface area contributed by atoms with Crippen molar-refractivity contribution in [2.75, 3.05) is 27.3 Å². The van der Waals surface area contributed by atoms with Crippen LogP contribution in [0.1, 0.15) is 12.8 Å². The topological polar surface area (TPSA) is 90.9 Å². The maximum absolute atomic E-state index is 13.1. The number of methoxy groups -OCH3 is 2. The van der Waals surface area contributed by atoms with Crippen LogP contribution in [0.15, 0.2) is 53.6 Å². The molecule has 9 heteroatoms. The number of aromatic nitrogens is 2. The van der Waals surface area contributed by atoms with Gasteiger partial charge >= 0.3 is 0 Å². The van der Waals surface area contributed by atoms with Crippen LogP contribution in [0.5, 0.6) is 17.4 Å². The van der Waals surface area contributed by atoms with Crippen LogP contribution in [0, 0.1) is 0 Å². The normalized spacial score (nSPS) is 15.8. The summed E-state index contributed by atoms with van der Waals surface area (Å²) >= 11 is 0.